The van der Waals surface area contributed by atoms with Gasteiger partial charge in [-0.25, -0.2) is 13.1 Å². The van der Waals surface area contributed by atoms with Gasteiger partial charge in [-0.3, -0.25) is 4.79 Å². The summed E-state index contributed by atoms with van der Waals surface area (Å²) < 4.78 is 33.5. The van der Waals surface area contributed by atoms with Crippen LogP contribution in [0.15, 0.2) is 23.1 Å². The number of amides is 1. The van der Waals surface area contributed by atoms with E-state index < -0.39 is 10.0 Å². The van der Waals surface area contributed by atoms with E-state index in [9.17, 15) is 13.2 Å². The average Bonchev–Trinajstić information content (AvgIpc) is 3.37. The Morgan fingerprint density at radius 2 is 2.07 bits per heavy atom. The zero-order valence-corrected chi connectivity index (χ0v) is 18.5. The molecule has 3 unspecified atom stereocenters. The monoisotopic (exact) mass is 442 g/mol. The molecule has 3 atom stereocenters. The van der Waals surface area contributed by atoms with E-state index in [0.29, 0.717) is 18.1 Å². The van der Waals surface area contributed by atoms with Crippen LogP contribution in [0.3, 0.4) is 0 Å². The number of carbonyl (C=O) groups is 1. The Kier molecular flexibility index (Phi) is 7.96. The molecule has 162 valence electrons. The summed E-state index contributed by atoms with van der Waals surface area (Å²) in [5.41, 5.74) is 0.313. The summed E-state index contributed by atoms with van der Waals surface area (Å²) in [5, 5.41) is 3.21. The Morgan fingerprint density at radius 3 is 2.79 bits per heavy atom. The number of sulfonamides is 1. The molecule has 1 aliphatic carbocycles. The normalized spacial score (nSPS) is 24.7. The highest BCUT2D eigenvalue weighted by atomic mass is 35.5. The predicted octanol–water partition coefficient (Wildman–Crippen LogP) is 3.89. The van der Waals surface area contributed by atoms with Crippen molar-refractivity contribution in [1.82, 2.24) is 10.0 Å². The fourth-order valence-electron chi connectivity index (χ4n) is 4.23. The van der Waals surface area contributed by atoms with E-state index in [0.717, 1.165) is 51.4 Å². The maximum absolute atomic E-state index is 12.8. The van der Waals surface area contributed by atoms with Gasteiger partial charge in [0.2, 0.25) is 10.0 Å². The van der Waals surface area contributed by atoms with Gasteiger partial charge in [0.05, 0.1) is 11.1 Å². The number of unbranched alkanes of at least 4 members (excludes halogenated alkanes) is 1. The van der Waals surface area contributed by atoms with Gasteiger partial charge in [0.1, 0.15) is 4.90 Å². The molecule has 2 aliphatic rings. The summed E-state index contributed by atoms with van der Waals surface area (Å²) >= 11 is 6.15. The highest BCUT2D eigenvalue weighted by Gasteiger charge is 2.29. The second-order valence-corrected chi connectivity index (χ2v) is 10.2. The molecule has 1 saturated carbocycles. The summed E-state index contributed by atoms with van der Waals surface area (Å²) in [7, 11) is -3.83. The predicted molar refractivity (Wildman–Crippen MR) is 114 cm³/mol. The lowest BCUT2D eigenvalue weighted by Crippen LogP contribution is -2.37. The zero-order chi connectivity index (χ0) is 20.9. The average molecular weight is 443 g/mol. The maximum atomic E-state index is 12.8. The standard InChI is InChI=1S/C21H31ClN2O4S/c1-2-3-6-15-7-4-9-19(15)24-21(25)16-10-11-18(22)20(13-16)29(26,27)23-14-17-8-5-12-28-17/h10-11,13,15,17,19,23H,2-9,12,14H2,1H3,(H,24,25). The molecule has 1 heterocycles. The Labute approximate surface area is 178 Å². The number of benzene rings is 1. The van der Waals surface area contributed by atoms with Gasteiger partial charge < -0.3 is 10.1 Å². The van der Waals surface area contributed by atoms with E-state index in [1.54, 1.807) is 6.07 Å². The third kappa shape index (κ3) is 5.94. The summed E-state index contributed by atoms with van der Waals surface area (Å²) in [6.07, 6.45) is 8.31. The first-order valence-corrected chi connectivity index (χ1v) is 12.5. The van der Waals surface area contributed by atoms with Crippen LogP contribution in [0.25, 0.3) is 0 Å². The van der Waals surface area contributed by atoms with Crippen LogP contribution in [-0.2, 0) is 14.8 Å². The lowest BCUT2D eigenvalue weighted by atomic mass is 9.96. The minimum atomic E-state index is -3.83. The van der Waals surface area contributed by atoms with E-state index in [2.05, 4.69) is 17.0 Å². The number of halogens is 1. The van der Waals surface area contributed by atoms with Gasteiger partial charge >= 0.3 is 0 Å². The second kappa shape index (κ2) is 10.2. The molecule has 0 radical (unpaired) electrons. The van der Waals surface area contributed by atoms with E-state index in [1.165, 1.54) is 12.1 Å². The summed E-state index contributed by atoms with van der Waals surface area (Å²) in [6.45, 7) is 3.03. The van der Waals surface area contributed by atoms with Crippen LogP contribution in [-0.4, -0.2) is 39.6 Å². The van der Waals surface area contributed by atoms with Gasteiger partial charge in [-0.05, 0) is 56.2 Å². The Hall–Kier alpha value is -1.15. The van der Waals surface area contributed by atoms with Crippen molar-refractivity contribution in [3.8, 4) is 0 Å². The number of rotatable bonds is 9. The molecule has 3 rings (SSSR count). The van der Waals surface area contributed by atoms with Crippen molar-refractivity contribution in [3.63, 3.8) is 0 Å². The molecule has 6 nitrogen and oxygen atoms in total. The molecule has 1 saturated heterocycles. The van der Waals surface area contributed by atoms with Crippen molar-refractivity contribution in [2.75, 3.05) is 13.2 Å². The van der Waals surface area contributed by atoms with Crippen LogP contribution in [0.5, 0.6) is 0 Å². The molecule has 1 amide bonds. The van der Waals surface area contributed by atoms with Crippen LogP contribution < -0.4 is 10.0 Å². The molecule has 1 aliphatic heterocycles. The smallest absolute Gasteiger partial charge is 0.251 e. The lowest BCUT2D eigenvalue weighted by molar-refractivity contribution is 0.0926. The van der Waals surface area contributed by atoms with E-state index in [-0.39, 0.29) is 34.5 Å². The Morgan fingerprint density at radius 1 is 1.24 bits per heavy atom. The fourth-order valence-corrected chi connectivity index (χ4v) is 5.82. The van der Waals surface area contributed by atoms with Crippen molar-refractivity contribution in [2.45, 2.75) is 75.3 Å². The number of carbonyl (C=O) groups excluding carboxylic acids is 1. The largest absolute Gasteiger partial charge is 0.377 e. The molecule has 29 heavy (non-hydrogen) atoms. The Balaban J connectivity index is 1.68. The van der Waals surface area contributed by atoms with Crippen molar-refractivity contribution in [3.05, 3.63) is 28.8 Å². The SMILES string of the molecule is CCCCC1CCCC1NC(=O)c1ccc(Cl)c(S(=O)(=O)NCC2CCCO2)c1. The third-order valence-corrected chi connectivity index (χ3v) is 7.82. The van der Waals surface area contributed by atoms with Crippen molar-refractivity contribution < 1.29 is 17.9 Å². The van der Waals surface area contributed by atoms with Crippen LogP contribution in [0.2, 0.25) is 5.02 Å². The maximum Gasteiger partial charge on any atom is 0.251 e. The van der Waals surface area contributed by atoms with Crippen molar-refractivity contribution in [2.24, 2.45) is 5.92 Å². The molecule has 1 aromatic rings. The van der Waals surface area contributed by atoms with Crippen molar-refractivity contribution >= 4 is 27.5 Å². The first kappa shape index (κ1) is 22.5. The summed E-state index contributed by atoms with van der Waals surface area (Å²) in [6, 6.07) is 4.57. The number of nitrogens with one attached hydrogen (secondary N) is 2. The van der Waals surface area contributed by atoms with Crippen LogP contribution in [0.4, 0.5) is 0 Å². The highest BCUT2D eigenvalue weighted by Crippen LogP contribution is 2.30. The van der Waals surface area contributed by atoms with E-state index in [1.807, 2.05) is 0 Å². The first-order chi connectivity index (χ1) is 13.9. The summed E-state index contributed by atoms with van der Waals surface area (Å²) in [5.74, 6) is 0.258. The third-order valence-electron chi connectivity index (χ3n) is 5.91. The van der Waals surface area contributed by atoms with Gasteiger partial charge in [0, 0.05) is 24.8 Å². The number of hydrogen-bond donors (Lipinski definition) is 2. The number of ether oxygens (including phenoxy) is 1. The molecular weight excluding hydrogens is 412 g/mol. The molecular formula is C21H31ClN2O4S. The second-order valence-electron chi connectivity index (χ2n) is 8.05. The van der Waals surface area contributed by atoms with Crippen molar-refractivity contribution in [1.29, 1.82) is 0 Å². The van der Waals surface area contributed by atoms with Gasteiger partial charge in [-0.15, -0.1) is 0 Å². The quantitative estimate of drug-likeness (QED) is 0.607. The zero-order valence-electron chi connectivity index (χ0n) is 17.0. The van der Waals surface area contributed by atoms with Gasteiger partial charge in [-0.1, -0.05) is 37.8 Å². The van der Waals surface area contributed by atoms with Gasteiger partial charge in [0.25, 0.3) is 5.91 Å². The van der Waals surface area contributed by atoms with Gasteiger partial charge in [0.15, 0.2) is 0 Å². The molecule has 1 aromatic carbocycles. The van der Waals surface area contributed by atoms with Crippen LogP contribution in [0, 0.1) is 5.92 Å². The number of hydrogen-bond acceptors (Lipinski definition) is 4. The summed E-state index contributed by atoms with van der Waals surface area (Å²) in [4.78, 5) is 12.7. The molecule has 8 heteroatoms. The molecule has 2 fully saturated rings. The van der Waals surface area contributed by atoms with E-state index >= 15 is 0 Å². The lowest BCUT2D eigenvalue weighted by Gasteiger charge is -2.21. The van der Waals surface area contributed by atoms with Crippen LogP contribution in [0.1, 0.15) is 68.6 Å². The molecule has 0 bridgehead atoms. The van der Waals surface area contributed by atoms with E-state index in [4.69, 9.17) is 16.3 Å². The molecule has 2 N–H and O–H groups in total. The van der Waals surface area contributed by atoms with Crippen LogP contribution >= 0.6 is 11.6 Å². The topological polar surface area (TPSA) is 84.5 Å². The Bertz CT molecular complexity index is 809. The minimum Gasteiger partial charge on any atom is -0.377 e. The fraction of sp³-hybridized carbons (Fsp3) is 0.667. The molecule has 0 aromatic heterocycles. The first-order valence-electron chi connectivity index (χ1n) is 10.6. The van der Waals surface area contributed by atoms with Gasteiger partial charge in [-0.2, -0.15) is 0 Å². The minimum absolute atomic E-state index is 0.0706. The molecule has 0 spiro atoms. The highest BCUT2D eigenvalue weighted by molar-refractivity contribution is 7.89.